The van der Waals surface area contributed by atoms with Gasteiger partial charge in [0.1, 0.15) is 0 Å². The summed E-state index contributed by atoms with van der Waals surface area (Å²) in [5.74, 6) is -0.261. The van der Waals surface area contributed by atoms with Gasteiger partial charge in [-0.05, 0) is 50.1 Å². The van der Waals surface area contributed by atoms with Crippen molar-refractivity contribution in [2.24, 2.45) is 0 Å². The number of nitrogens with zero attached hydrogens (tertiary/aromatic N) is 1. The summed E-state index contributed by atoms with van der Waals surface area (Å²) in [4.78, 5) is 16.3. The van der Waals surface area contributed by atoms with E-state index in [1.54, 1.807) is 6.07 Å². The van der Waals surface area contributed by atoms with Gasteiger partial charge < -0.3 is 5.32 Å². The van der Waals surface area contributed by atoms with E-state index >= 15 is 0 Å². The number of amides is 1. The number of aryl methyl sites for hydroxylation is 3. The highest BCUT2D eigenvalue weighted by atomic mass is 79.9. The number of halogens is 2. The van der Waals surface area contributed by atoms with Gasteiger partial charge in [-0.15, -0.1) is 0 Å². The van der Waals surface area contributed by atoms with E-state index in [1.165, 1.54) is 6.20 Å². The summed E-state index contributed by atoms with van der Waals surface area (Å²) in [6, 6.07) is 5.49. The van der Waals surface area contributed by atoms with Crippen LogP contribution in [0.5, 0.6) is 0 Å². The first-order valence-electron chi connectivity index (χ1n) is 6.08. The zero-order valence-corrected chi connectivity index (χ0v) is 13.8. The van der Waals surface area contributed by atoms with E-state index in [-0.39, 0.29) is 5.91 Å². The third kappa shape index (κ3) is 3.19. The van der Waals surface area contributed by atoms with Crippen molar-refractivity contribution in [1.82, 2.24) is 4.98 Å². The highest BCUT2D eigenvalue weighted by molar-refractivity contribution is 9.10. The number of hydrogen-bond donors (Lipinski definition) is 1. The molecule has 0 saturated heterocycles. The first-order chi connectivity index (χ1) is 9.38. The summed E-state index contributed by atoms with van der Waals surface area (Å²) >= 11 is 9.57. The molecule has 1 amide bonds. The lowest BCUT2D eigenvalue weighted by Gasteiger charge is -2.10. The molecule has 1 aromatic heterocycles. The number of carbonyl (C=O) groups is 1. The van der Waals surface area contributed by atoms with Crippen LogP contribution in [0.15, 0.2) is 28.9 Å². The summed E-state index contributed by atoms with van der Waals surface area (Å²) in [7, 11) is 0. The van der Waals surface area contributed by atoms with Gasteiger partial charge in [0.15, 0.2) is 0 Å². The molecule has 0 atom stereocenters. The zero-order chi connectivity index (χ0) is 14.9. The quantitative estimate of drug-likeness (QED) is 0.852. The number of hydrogen-bond acceptors (Lipinski definition) is 2. The number of aromatic nitrogens is 1. The Labute approximate surface area is 131 Å². The summed E-state index contributed by atoms with van der Waals surface area (Å²) in [5, 5.41) is 3.25. The second-order valence-electron chi connectivity index (χ2n) is 4.68. The Kier molecular flexibility index (Phi) is 4.45. The van der Waals surface area contributed by atoms with Gasteiger partial charge in [0.05, 0.1) is 10.6 Å². The first-order valence-corrected chi connectivity index (χ1v) is 7.26. The molecule has 0 fully saturated rings. The lowest BCUT2D eigenvalue weighted by molar-refractivity contribution is 0.102. The number of rotatable bonds is 2. The largest absolute Gasteiger partial charge is 0.322 e. The topological polar surface area (TPSA) is 42.0 Å². The van der Waals surface area contributed by atoms with E-state index in [4.69, 9.17) is 11.6 Å². The minimum Gasteiger partial charge on any atom is -0.322 e. The van der Waals surface area contributed by atoms with E-state index in [2.05, 4.69) is 26.2 Å². The van der Waals surface area contributed by atoms with Crippen molar-refractivity contribution in [3.8, 4) is 0 Å². The van der Waals surface area contributed by atoms with Crippen LogP contribution in [-0.2, 0) is 0 Å². The van der Waals surface area contributed by atoms with Crippen LogP contribution in [0.3, 0.4) is 0 Å². The summed E-state index contributed by atoms with van der Waals surface area (Å²) in [6.07, 6.45) is 1.49. The van der Waals surface area contributed by atoms with Crippen molar-refractivity contribution < 1.29 is 4.79 Å². The second-order valence-corrected chi connectivity index (χ2v) is 5.88. The maximum atomic E-state index is 12.2. The maximum absolute atomic E-state index is 12.2. The van der Waals surface area contributed by atoms with E-state index < -0.39 is 0 Å². The van der Waals surface area contributed by atoms with Crippen LogP contribution in [0.25, 0.3) is 0 Å². The summed E-state index contributed by atoms with van der Waals surface area (Å²) in [6.45, 7) is 5.79. The molecule has 2 rings (SSSR count). The highest BCUT2D eigenvalue weighted by Crippen LogP contribution is 2.26. The van der Waals surface area contributed by atoms with Gasteiger partial charge in [0.2, 0.25) is 0 Å². The molecule has 1 aromatic carbocycles. The van der Waals surface area contributed by atoms with Crippen LogP contribution in [0.1, 0.15) is 27.2 Å². The molecule has 104 valence electrons. The molecule has 3 nitrogen and oxygen atoms in total. The standard InChI is InChI=1S/C15H14BrClN2O/c1-8-4-11(5-9(2)14(8)16)19-15(20)12-7-18-10(3)6-13(12)17/h4-7H,1-3H3,(H,19,20). The normalized spacial score (nSPS) is 10.4. The minimum atomic E-state index is -0.261. The molecule has 0 aliphatic rings. The molecule has 2 aromatic rings. The Bertz CT molecular complexity index is 663. The molecule has 0 saturated carbocycles. The van der Waals surface area contributed by atoms with Gasteiger partial charge in [-0.25, -0.2) is 0 Å². The fourth-order valence-corrected chi connectivity index (χ4v) is 2.43. The van der Waals surface area contributed by atoms with Gasteiger partial charge in [-0.1, -0.05) is 27.5 Å². The first kappa shape index (κ1) is 15.0. The predicted molar refractivity (Wildman–Crippen MR) is 85.6 cm³/mol. The van der Waals surface area contributed by atoms with E-state index in [0.29, 0.717) is 10.6 Å². The van der Waals surface area contributed by atoms with Crippen molar-refractivity contribution in [2.45, 2.75) is 20.8 Å². The molecule has 0 spiro atoms. The van der Waals surface area contributed by atoms with Gasteiger partial charge in [0, 0.05) is 22.1 Å². The van der Waals surface area contributed by atoms with Crippen LogP contribution < -0.4 is 5.32 Å². The van der Waals surface area contributed by atoms with Gasteiger partial charge in [-0.2, -0.15) is 0 Å². The Balaban J connectivity index is 2.28. The van der Waals surface area contributed by atoms with Crippen LogP contribution in [0.4, 0.5) is 5.69 Å². The predicted octanol–water partition coefficient (Wildman–Crippen LogP) is 4.68. The van der Waals surface area contributed by atoms with Crippen molar-refractivity contribution in [3.63, 3.8) is 0 Å². The number of anilines is 1. The Morgan fingerprint density at radius 3 is 2.35 bits per heavy atom. The van der Waals surface area contributed by atoms with E-state index in [1.807, 2.05) is 32.9 Å². The van der Waals surface area contributed by atoms with Gasteiger partial charge in [0.25, 0.3) is 5.91 Å². The molecule has 1 heterocycles. The van der Waals surface area contributed by atoms with Crippen LogP contribution in [0, 0.1) is 20.8 Å². The minimum absolute atomic E-state index is 0.261. The third-order valence-electron chi connectivity index (χ3n) is 2.93. The fourth-order valence-electron chi connectivity index (χ4n) is 1.91. The van der Waals surface area contributed by atoms with Crippen molar-refractivity contribution in [3.05, 3.63) is 56.3 Å². The van der Waals surface area contributed by atoms with E-state index in [0.717, 1.165) is 27.0 Å². The third-order valence-corrected chi connectivity index (χ3v) is 4.49. The molecular weight excluding hydrogens is 340 g/mol. The lowest BCUT2D eigenvalue weighted by Crippen LogP contribution is -2.13. The van der Waals surface area contributed by atoms with Gasteiger partial charge in [-0.3, -0.25) is 9.78 Å². The Hall–Kier alpha value is -1.39. The van der Waals surface area contributed by atoms with Crippen molar-refractivity contribution in [1.29, 1.82) is 0 Å². The molecule has 1 N–H and O–H groups in total. The average Bonchev–Trinajstić information content (AvgIpc) is 2.35. The van der Waals surface area contributed by atoms with Crippen molar-refractivity contribution in [2.75, 3.05) is 5.32 Å². The Morgan fingerprint density at radius 1 is 1.20 bits per heavy atom. The summed E-state index contributed by atoms with van der Waals surface area (Å²) < 4.78 is 1.05. The fraction of sp³-hybridized carbons (Fsp3) is 0.200. The van der Waals surface area contributed by atoms with Gasteiger partial charge >= 0.3 is 0 Å². The zero-order valence-electron chi connectivity index (χ0n) is 11.4. The summed E-state index contributed by atoms with van der Waals surface area (Å²) in [5.41, 5.74) is 4.02. The molecule has 0 aliphatic heterocycles. The number of carbonyl (C=O) groups excluding carboxylic acids is 1. The van der Waals surface area contributed by atoms with E-state index in [9.17, 15) is 4.79 Å². The highest BCUT2D eigenvalue weighted by Gasteiger charge is 2.12. The molecule has 5 heteroatoms. The van der Waals surface area contributed by atoms with Crippen LogP contribution in [0.2, 0.25) is 5.02 Å². The second kappa shape index (κ2) is 5.94. The SMILES string of the molecule is Cc1cc(Cl)c(C(=O)Nc2cc(C)c(Br)c(C)c2)cn1. The maximum Gasteiger partial charge on any atom is 0.258 e. The molecular formula is C15H14BrClN2O. The smallest absolute Gasteiger partial charge is 0.258 e. The molecule has 20 heavy (non-hydrogen) atoms. The molecule has 0 unspecified atom stereocenters. The van der Waals surface area contributed by atoms with Crippen LogP contribution in [-0.4, -0.2) is 10.9 Å². The van der Waals surface area contributed by atoms with Crippen molar-refractivity contribution >= 4 is 39.1 Å². The molecule has 0 aliphatic carbocycles. The Morgan fingerprint density at radius 2 is 1.80 bits per heavy atom. The average molecular weight is 354 g/mol. The number of nitrogens with one attached hydrogen (secondary N) is 1. The number of pyridine rings is 1. The van der Waals surface area contributed by atoms with Crippen LogP contribution >= 0.6 is 27.5 Å². The molecule has 0 bridgehead atoms. The molecule has 0 radical (unpaired) electrons. The lowest BCUT2D eigenvalue weighted by atomic mass is 10.1. The monoisotopic (exact) mass is 352 g/mol. The number of benzene rings is 1.